The molecule has 1 aliphatic heterocycles. The van der Waals surface area contributed by atoms with E-state index in [1.165, 1.54) is 0 Å². The molecule has 1 unspecified atom stereocenters. The third-order valence-electron chi connectivity index (χ3n) is 4.36. The summed E-state index contributed by atoms with van der Waals surface area (Å²) in [6, 6.07) is 3.39. The standard InChI is InChI=1S/C17H27N3O3S/c1-3-5-6-9-19-17(21)14-7-10-18-16(12-14)20(4-2)15-8-11-24(22,23)13-15/h7,10,12,15H,3-6,8-9,11,13H2,1-2H3,(H,19,21). The van der Waals surface area contributed by atoms with Crippen molar-refractivity contribution < 1.29 is 13.2 Å². The Morgan fingerprint density at radius 2 is 2.17 bits per heavy atom. The van der Waals surface area contributed by atoms with Crippen molar-refractivity contribution in [3.05, 3.63) is 23.9 Å². The molecule has 1 aliphatic rings. The number of pyridine rings is 1. The highest BCUT2D eigenvalue weighted by Gasteiger charge is 2.32. The fraction of sp³-hybridized carbons (Fsp3) is 0.647. The number of sulfone groups is 1. The van der Waals surface area contributed by atoms with Crippen LogP contribution in [0.5, 0.6) is 0 Å². The second-order valence-electron chi connectivity index (χ2n) is 6.21. The number of carbonyl (C=O) groups excluding carboxylic acids is 1. The fourth-order valence-corrected chi connectivity index (χ4v) is 4.75. The van der Waals surface area contributed by atoms with E-state index >= 15 is 0 Å². The lowest BCUT2D eigenvalue weighted by Crippen LogP contribution is -2.37. The van der Waals surface area contributed by atoms with Crippen LogP contribution in [-0.4, -0.2) is 49.9 Å². The van der Waals surface area contributed by atoms with Crippen LogP contribution in [-0.2, 0) is 9.84 Å². The van der Waals surface area contributed by atoms with Gasteiger partial charge in [0.15, 0.2) is 9.84 Å². The molecule has 24 heavy (non-hydrogen) atoms. The third kappa shape index (κ3) is 4.93. The Morgan fingerprint density at radius 3 is 2.79 bits per heavy atom. The van der Waals surface area contributed by atoms with Crippen molar-refractivity contribution in [1.82, 2.24) is 10.3 Å². The van der Waals surface area contributed by atoms with Gasteiger partial charge < -0.3 is 10.2 Å². The summed E-state index contributed by atoms with van der Waals surface area (Å²) in [4.78, 5) is 18.6. The van der Waals surface area contributed by atoms with E-state index < -0.39 is 9.84 Å². The van der Waals surface area contributed by atoms with Gasteiger partial charge in [0.25, 0.3) is 5.91 Å². The van der Waals surface area contributed by atoms with Crippen LogP contribution in [0.2, 0.25) is 0 Å². The summed E-state index contributed by atoms with van der Waals surface area (Å²) in [5.41, 5.74) is 0.566. The zero-order valence-corrected chi connectivity index (χ0v) is 15.3. The summed E-state index contributed by atoms with van der Waals surface area (Å²) in [5, 5.41) is 2.92. The average molecular weight is 353 g/mol. The lowest BCUT2D eigenvalue weighted by atomic mass is 10.2. The van der Waals surface area contributed by atoms with Crippen LogP contribution < -0.4 is 10.2 Å². The quantitative estimate of drug-likeness (QED) is 0.723. The second kappa shape index (κ2) is 8.46. The van der Waals surface area contributed by atoms with E-state index in [1.807, 2.05) is 11.8 Å². The second-order valence-corrected chi connectivity index (χ2v) is 8.44. The maximum Gasteiger partial charge on any atom is 0.251 e. The number of nitrogens with zero attached hydrogens (tertiary/aromatic N) is 2. The first-order valence-electron chi connectivity index (χ1n) is 8.68. The van der Waals surface area contributed by atoms with Gasteiger partial charge in [-0.3, -0.25) is 4.79 Å². The molecular weight excluding hydrogens is 326 g/mol. The summed E-state index contributed by atoms with van der Waals surface area (Å²) in [6.07, 6.45) is 5.42. The number of unbranched alkanes of at least 4 members (excludes halogenated alkanes) is 2. The number of hydrogen-bond acceptors (Lipinski definition) is 5. The van der Waals surface area contributed by atoms with Crippen molar-refractivity contribution >= 4 is 21.6 Å². The van der Waals surface area contributed by atoms with Gasteiger partial charge in [0.2, 0.25) is 0 Å². The van der Waals surface area contributed by atoms with Gasteiger partial charge in [-0.05, 0) is 31.9 Å². The molecule has 2 heterocycles. The summed E-state index contributed by atoms with van der Waals surface area (Å²) >= 11 is 0. The molecule has 0 spiro atoms. The Labute approximate surface area is 144 Å². The molecule has 0 aliphatic carbocycles. The summed E-state index contributed by atoms with van der Waals surface area (Å²) < 4.78 is 23.5. The first-order chi connectivity index (χ1) is 11.5. The first kappa shape index (κ1) is 18.7. The van der Waals surface area contributed by atoms with E-state index in [4.69, 9.17) is 0 Å². The van der Waals surface area contributed by atoms with Crippen LogP contribution in [0.15, 0.2) is 18.3 Å². The Bertz CT molecular complexity index is 661. The number of hydrogen-bond donors (Lipinski definition) is 1. The highest BCUT2D eigenvalue weighted by molar-refractivity contribution is 7.91. The van der Waals surface area contributed by atoms with Crippen molar-refractivity contribution in [1.29, 1.82) is 0 Å². The largest absolute Gasteiger partial charge is 0.353 e. The van der Waals surface area contributed by atoms with Crippen molar-refractivity contribution in [3.8, 4) is 0 Å². The maximum absolute atomic E-state index is 12.2. The SMILES string of the molecule is CCCCCNC(=O)c1ccnc(N(CC)C2CCS(=O)(=O)C2)c1. The van der Waals surface area contributed by atoms with Gasteiger partial charge in [-0.2, -0.15) is 0 Å². The van der Waals surface area contributed by atoms with E-state index in [-0.39, 0.29) is 23.5 Å². The van der Waals surface area contributed by atoms with E-state index in [2.05, 4.69) is 17.2 Å². The van der Waals surface area contributed by atoms with Gasteiger partial charge in [-0.1, -0.05) is 19.8 Å². The first-order valence-corrected chi connectivity index (χ1v) is 10.5. The lowest BCUT2D eigenvalue weighted by molar-refractivity contribution is 0.0953. The molecule has 0 aromatic carbocycles. The highest BCUT2D eigenvalue weighted by atomic mass is 32.2. The van der Waals surface area contributed by atoms with Gasteiger partial charge in [0, 0.05) is 30.9 Å². The normalized spacial score (nSPS) is 19.2. The molecule has 7 heteroatoms. The molecule has 2 rings (SSSR count). The summed E-state index contributed by atoms with van der Waals surface area (Å²) in [5.74, 6) is 0.951. The Morgan fingerprint density at radius 1 is 1.38 bits per heavy atom. The van der Waals surface area contributed by atoms with Crippen LogP contribution in [0.4, 0.5) is 5.82 Å². The van der Waals surface area contributed by atoms with Crippen LogP contribution in [0, 0.1) is 0 Å². The molecule has 1 fully saturated rings. The highest BCUT2D eigenvalue weighted by Crippen LogP contribution is 2.23. The number of nitrogens with one attached hydrogen (secondary N) is 1. The van der Waals surface area contributed by atoms with E-state index in [0.717, 1.165) is 19.3 Å². The molecule has 1 atom stereocenters. The van der Waals surface area contributed by atoms with Crippen LogP contribution in [0.1, 0.15) is 49.9 Å². The molecule has 0 saturated carbocycles. The van der Waals surface area contributed by atoms with E-state index in [0.29, 0.717) is 30.9 Å². The molecule has 1 aromatic heterocycles. The molecule has 1 saturated heterocycles. The van der Waals surface area contributed by atoms with Crippen molar-refractivity contribution in [3.63, 3.8) is 0 Å². The van der Waals surface area contributed by atoms with Crippen LogP contribution >= 0.6 is 0 Å². The minimum absolute atomic E-state index is 0.0598. The Balaban J connectivity index is 2.06. The fourth-order valence-electron chi connectivity index (χ4n) is 3.02. The molecule has 0 bridgehead atoms. The van der Waals surface area contributed by atoms with Gasteiger partial charge in [-0.25, -0.2) is 13.4 Å². The lowest BCUT2D eigenvalue weighted by Gasteiger charge is -2.28. The number of aromatic nitrogens is 1. The van der Waals surface area contributed by atoms with Crippen molar-refractivity contribution in [2.24, 2.45) is 0 Å². The zero-order valence-electron chi connectivity index (χ0n) is 14.5. The minimum atomic E-state index is -2.95. The summed E-state index contributed by atoms with van der Waals surface area (Å²) in [7, 11) is -2.95. The molecule has 0 radical (unpaired) electrons. The number of amides is 1. The Kier molecular flexibility index (Phi) is 6.60. The topological polar surface area (TPSA) is 79.4 Å². The molecule has 1 aromatic rings. The predicted octanol–water partition coefficient (Wildman–Crippen LogP) is 2.01. The molecule has 1 amide bonds. The average Bonchev–Trinajstić information content (AvgIpc) is 2.92. The zero-order chi connectivity index (χ0) is 17.6. The minimum Gasteiger partial charge on any atom is -0.353 e. The third-order valence-corrected chi connectivity index (χ3v) is 6.11. The molecular formula is C17H27N3O3S. The molecule has 6 nitrogen and oxygen atoms in total. The van der Waals surface area contributed by atoms with Crippen molar-refractivity contribution in [2.75, 3.05) is 29.5 Å². The number of anilines is 1. The van der Waals surface area contributed by atoms with E-state index in [1.54, 1.807) is 18.3 Å². The molecule has 134 valence electrons. The number of rotatable bonds is 8. The maximum atomic E-state index is 12.2. The predicted molar refractivity (Wildman–Crippen MR) is 96.2 cm³/mol. The molecule has 1 N–H and O–H groups in total. The van der Waals surface area contributed by atoms with Crippen molar-refractivity contribution in [2.45, 2.75) is 45.6 Å². The van der Waals surface area contributed by atoms with Gasteiger partial charge in [0.05, 0.1) is 11.5 Å². The van der Waals surface area contributed by atoms with Gasteiger partial charge >= 0.3 is 0 Å². The smallest absolute Gasteiger partial charge is 0.251 e. The van der Waals surface area contributed by atoms with Gasteiger partial charge in [-0.15, -0.1) is 0 Å². The monoisotopic (exact) mass is 353 g/mol. The number of carbonyl (C=O) groups is 1. The van der Waals surface area contributed by atoms with Crippen LogP contribution in [0.3, 0.4) is 0 Å². The van der Waals surface area contributed by atoms with Gasteiger partial charge in [0.1, 0.15) is 5.82 Å². The summed E-state index contributed by atoms with van der Waals surface area (Å²) in [6.45, 7) is 5.43. The van der Waals surface area contributed by atoms with Crippen LogP contribution in [0.25, 0.3) is 0 Å². The Hall–Kier alpha value is -1.63. The van der Waals surface area contributed by atoms with E-state index in [9.17, 15) is 13.2 Å².